The van der Waals surface area contributed by atoms with E-state index < -0.39 is 0 Å². The fraction of sp³-hybridized carbons (Fsp3) is 0.267. The monoisotopic (exact) mass is 371 g/mol. The lowest BCUT2D eigenvalue weighted by Gasteiger charge is -2.14. The number of pyridine rings is 1. The molecular formula is C15H15BrClNO3. The lowest BCUT2D eigenvalue weighted by atomic mass is 10.1. The smallest absolute Gasteiger partial charge is 0.269 e. The van der Waals surface area contributed by atoms with Crippen molar-refractivity contribution in [3.63, 3.8) is 0 Å². The third-order valence-electron chi connectivity index (χ3n) is 3.00. The molecule has 0 spiro atoms. The molecule has 0 aliphatic carbocycles. The minimum atomic E-state index is -0.191. The summed E-state index contributed by atoms with van der Waals surface area (Å²) < 4.78 is 12.7. The van der Waals surface area contributed by atoms with Crippen molar-refractivity contribution in [3.8, 4) is 17.0 Å². The second-order valence-electron chi connectivity index (χ2n) is 4.31. The SMILES string of the molecule is CCn1c(-c2ccc(OCOC)cc2Br)ccc(Cl)c1=O. The number of hydrogen-bond acceptors (Lipinski definition) is 3. The van der Waals surface area contributed by atoms with Crippen LogP contribution in [-0.2, 0) is 11.3 Å². The highest BCUT2D eigenvalue weighted by Crippen LogP contribution is 2.31. The summed E-state index contributed by atoms with van der Waals surface area (Å²) in [6.45, 7) is 2.64. The molecule has 0 aliphatic heterocycles. The van der Waals surface area contributed by atoms with Crippen molar-refractivity contribution in [2.45, 2.75) is 13.5 Å². The van der Waals surface area contributed by atoms with Gasteiger partial charge in [-0.2, -0.15) is 0 Å². The van der Waals surface area contributed by atoms with Gasteiger partial charge in [0, 0.05) is 23.7 Å². The van der Waals surface area contributed by atoms with E-state index in [-0.39, 0.29) is 17.4 Å². The predicted molar refractivity (Wildman–Crippen MR) is 87.0 cm³/mol. The number of methoxy groups -OCH3 is 1. The largest absolute Gasteiger partial charge is 0.468 e. The molecule has 21 heavy (non-hydrogen) atoms. The van der Waals surface area contributed by atoms with Crippen LogP contribution in [0, 0.1) is 0 Å². The Morgan fingerprint density at radius 1 is 1.29 bits per heavy atom. The predicted octanol–water partition coefficient (Wildman–Crippen LogP) is 3.93. The Morgan fingerprint density at radius 3 is 2.67 bits per heavy atom. The van der Waals surface area contributed by atoms with E-state index in [9.17, 15) is 4.79 Å². The molecule has 2 rings (SSSR count). The van der Waals surface area contributed by atoms with E-state index in [1.165, 1.54) is 0 Å². The van der Waals surface area contributed by atoms with Crippen molar-refractivity contribution in [2.75, 3.05) is 13.9 Å². The Hall–Kier alpha value is -1.30. The molecule has 0 N–H and O–H groups in total. The number of ether oxygens (including phenoxy) is 2. The van der Waals surface area contributed by atoms with Crippen LogP contribution in [0.25, 0.3) is 11.3 Å². The van der Waals surface area contributed by atoms with Crippen LogP contribution in [0.15, 0.2) is 39.6 Å². The average molecular weight is 373 g/mol. The molecule has 1 aromatic heterocycles. The van der Waals surface area contributed by atoms with Crippen molar-refractivity contribution in [1.82, 2.24) is 4.57 Å². The lowest BCUT2D eigenvalue weighted by Crippen LogP contribution is -2.21. The summed E-state index contributed by atoms with van der Waals surface area (Å²) in [5, 5.41) is 0.219. The Kier molecular flexibility index (Phi) is 5.45. The Balaban J connectivity index is 2.48. The molecule has 0 unspecified atom stereocenters. The molecule has 112 valence electrons. The van der Waals surface area contributed by atoms with Gasteiger partial charge in [0.1, 0.15) is 10.8 Å². The quantitative estimate of drug-likeness (QED) is 0.747. The van der Waals surface area contributed by atoms with Crippen LogP contribution in [0.3, 0.4) is 0 Å². The second-order valence-corrected chi connectivity index (χ2v) is 5.57. The minimum absolute atomic E-state index is 0.187. The topological polar surface area (TPSA) is 40.5 Å². The number of benzene rings is 1. The van der Waals surface area contributed by atoms with E-state index in [0.717, 1.165) is 15.7 Å². The lowest BCUT2D eigenvalue weighted by molar-refractivity contribution is 0.0511. The highest BCUT2D eigenvalue weighted by molar-refractivity contribution is 9.10. The normalized spacial score (nSPS) is 10.7. The maximum absolute atomic E-state index is 12.1. The minimum Gasteiger partial charge on any atom is -0.468 e. The zero-order valence-corrected chi connectivity index (χ0v) is 14.1. The number of hydrogen-bond donors (Lipinski definition) is 0. The summed E-state index contributed by atoms with van der Waals surface area (Å²) in [7, 11) is 1.57. The summed E-state index contributed by atoms with van der Waals surface area (Å²) >= 11 is 9.41. The Labute approximate surface area is 136 Å². The summed E-state index contributed by atoms with van der Waals surface area (Å²) in [4.78, 5) is 12.1. The Morgan fingerprint density at radius 2 is 2.05 bits per heavy atom. The van der Waals surface area contributed by atoms with Crippen LogP contribution >= 0.6 is 27.5 Å². The molecule has 0 radical (unpaired) electrons. The first-order chi connectivity index (χ1) is 10.1. The first-order valence-electron chi connectivity index (χ1n) is 6.39. The molecular weight excluding hydrogens is 358 g/mol. The van der Waals surface area contributed by atoms with Crippen molar-refractivity contribution in [1.29, 1.82) is 0 Å². The van der Waals surface area contributed by atoms with Crippen molar-refractivity contribution < 1.29 is 9.47 Å². The van der Waals surface area contributed by atoms with Gasteiger partial charge in [0.15, 0.2) is 6.79 Å². The standard InChI is InChI=1S/C15H15BrClNO3/c1-3-18-14(7-6-13(17)15(18)19)11-5-4-10(8-12(11)16)21-9-20-2/h4-8H,3,9H2,1-2H3. The van der Waals surface area contributed by atoms with Crippen LogP contribution in [-0.4, -0.2) is 18.5 Å². The van der Waals surface area contributed by atoms with Gasteiger partial charge in [-0.25, -0.2) is 0 Å². The molecule has 1 aromatic carbocycles. The summed E-state index contributed by atoms with van der Waals surface area (Å²) in [6.07, 6.45) is 0. The van der Waals surface area contributed by atoms with Gasteiger partial charge in [-0.05, 0) is 53.2 Å². The number of halogens is 2. The molecule has 0 bridgehead atoms. The van der Waals surface area contributed by atoms with Gasteiger partial charge in [-0.3, -0.25) is 4.79 Å². The maximum atomic E-state index is 12.1. The van der Waals surface area contributed by atoms with Crippen molar-refractivity contribution >= 4 is 27.5 Å². The molecule has 6 heteroatoms. The Bertz CT molecular complexity index is 700. The molecule has 0 aliphatic rings. The molecule has 2 aromatic rings. The van der Waals surface area contributed by atoms with Gasteiger partial charge in [-0.1, -0.05) is 11.6 Å². The molecule has 0 amide bonds. The summed E-state index contributed by atoms with van der Waals surface area (Å²) in [5.41, 5.74) is 1.51. The summed E-state index contributed by atoms with van der Waals surface area (Å²) in [6, 6.07) is 9.02. The van der Waals surface area contributed by atoms with Crippen LogP contribution < -0.4 is 10.3 Å². The van der Waals surface area contributed by atoms with Gasteiger partial charge in [-0.15, -0.1) is 0 Å². The molecule has 0 atom stereocenters. The van der Waals surface area contributed by atoms with Crippen LogP contribution in [0.4, 0.5) is 0 Å². The van der Waals surface area contributed by atoms with Gasteiger partial charge >= 0.3 is 0 Å². The first-order valence-corrected chi connectivity index (χ1v) is 7.56. The summed E-state index contributed by atoms with van der Waals surface area (Å²) in [5.74, 6) is 0.687. The van der Waals surface area contributed by atoms with Gasteiger partial charge in [0.25, 0.3) is 5.56 Å². The van der Waals surface area contributed by atoms with E-state index >= 15 is 0 Å². The molecule has 0 saturated heterocycles. The third kappa shape index (κ3) is 3.48. The number of rotatable bonds is 5. The van der Waals surface area contributed by atoms with Gasteiger partial charge in [0.2, 0.25) is 0 Å². The van der Waals surface area contributed by atoms with Gasteiger partial charge in [0.05, 0.1) is 5.69 Å². The fourth-order valence-electron chi connectivity index (χ4n) is 2.02. The van der Waals surface area contributed by atoms with Crippen molar-refractivity contribution in [2.24, 2.45) is 0 Å². The van der Waals surface area contributed by atoms with Crippen LogP contribution in [0.1, 0.15) is 6.92 Å². The zero-order chi connectivity index (χ0) is 15.4. The van der Waals surface area contributed by atoms with E-state index in [0.29, 0.717) is 12.3 Å². The van der Waals surface area contributed by atoms with Crippen molar-refractivity contribution in [3.05, 3.63) is 50.2 Å². The van der Waals surface area contributed by atoms with E-state index in [2.05, 4.69) is 15.9 Å². The third-order valence-corrected chi connectivity index (χ3v) is 3.95. The fourth-order valence-corrected chi connectivity index (χ4v) is 2.75. The molecule has 0 fully saturated rings. The van der Waals surface area contributed by atoms with Gasteiger partial charge < -0.3 is 14.0 Å². The zero-order valence-electron chi connectivity index (χ0n) is 11.7. The maximum Gasteiger partial charge on any atom is 0.269 e. The molecule has 0 saturated carbocycles. The van der Waals surface area contributed by atoms with E-state index in [1.807, 2.05) is 31.2 Å². The average Bonchev–Trinajstić information content (AvgIpc) is 2.48. The molecule has 1 heterocycles. The highest BCUT2D eigenvalue weighted by Gasteiger charge is 2.11. The number of nitrogens with zero attached hydrogens (tertiary/aromatic N) is 1. The second kappa shape index (κ2) is 7.11. The highest BCUT2D eigenvalue weighted by atomic mass is 79.9. The molecule has 4 nitrogen and oxygen atoms in total. The van der Waals surface area contributed by atoms with E-state index in [1.54, 1.807) is 17.7 Å². The first kappa shape index (κ1) is 16.1. The van der Waals surface area contributed by atoms with E-state index in [4.69, 9.17) is 21.1 Å². The number of aromatic nitrogens is 1. The van der Waals surface area contributed by atoms with Crippen LogP contribution in [0.5, 0.6) is 5.75 Å². The van der Waals surface area contributed by atoms with Crippen LogP contribution in [0.2, 0.25) is 5.02 Å².